The van der Waals surface area contributed by atoms with E-state index in [1.807, 2.05) is 12.1 Å². The molecule has 0 atom stereocenters. The van der Waals surface area contributed by atoms with Crippen LogP contribution in [0.2, 0.25) is 5.02 Å². The van der Waals surface area contributed by atoms with Crippen molar-refractivity contribution in [3.63, 3.8) is 0 Å². The lowest BCUT2D eigenvalue weighted by atomic mass is 10.1. The quantitative estimate of drug-likeness (QED) is 0.815. The van der Waals surface area contributed by atoms with Crippen molar-refractivity contribution in [2.45, 2.75) is 19.3 Å². The number of carbonyl (C=O) groups excluding carboxylic acids is 1. The minimum atomic E-state index is -0.914. The van der Waals surface area contributed by atoms with E-state index in [0.29, 0.717) is 17.9 Å². The molecule has 0 aliphatic carbocycles. The molecular weight excluding hydrogens is 242 g/mol. The second kappa shape index (κ2) is 6.91. The lowest BCUT2D eigenvalue weighted by Crippen LogP contribution is -2.26. The second-order valence-electron chi connectivity index (χ2n) is 3.62. The number of benzene rings is 1. The van der Waals surface area contributed by atoms with Crippen molar-refractivity contribution in [2.75, 3.05) is 6.54 Å². The van der Waals surface area contributed by atoms with Gasteiger partial charge in [0, 0.05) is 18.0 Å². The van der Waals surface area contributed by atoms with Gasteiger partial charge < -0.3 is 10.4 Å². The molecule has 1 amide bonds. The van der Waals surface area contributed by atoms with E-state index in [1.165, 1.54) is 0 Å². The van der Waals surface area contributed by atoms with E-state index < -0.39 is 5.97 Å². The number of rotatable bonds is 6. The molecule has 0 aromatic heterocycles. The lowest BCUT2D eigenvalue weighted by molar-refractivity contribution is -0.136. The number of hydrogen-bond acceptors (Lipinski definition) is 2. The first-order valence-corrected chi connectivity index (χ1v) is 5.68. The predicted octanol–water partition coefficient (Wildman–Crippen LogP) is 1.86. The second-order valence-corrected chi connectivity index (χ2v) is 4.06. The summed E-state index contributed by atoms with van der Waals surface area (Å²) in [6, 6.07) is 7.29. The highest BCUT2D eigenvalue weighted by Gasteiger charge is 2.03. The third kappa shape index (κ3) is 5.92. The summed E-state index contributed by atoms with van der Waals surface area (Å²) in [5, 5.41) is 11.6. The largest absolute Gasteiger partial charge is 0.481 e. The van der Waals surface area contributed by atoms with Gasteiger partial charge in [-0.15, -0.1) is 0 Å². The van der Waals surface area contributed by atoms with Crippen LogP contribution >= 0.6 is 11.6 Å². The number of carbonyl (C=O) groups is 2. The normalized spacial score (nSPS) is 9.94. The van der Waals surface area contributed by atoms with Crippen molar-refractivity contribution < 1.29 is 14.7 Å². The van der Waals surface area contributed by atoms with Gasteiger partial charge in [-0.05, 0) is 24.1 Å². The maximum atomic E-state index is 11.3. The Morgan fingerprint density at radius 3 is 2.41 bits per heavy atom. The van der Waals surface area contributed by atoms with Crippen molar-refractivity contribution in [3.05, 3.63) is 34.9 Å². The molecule has 0 aliphatic heterocycles. The number of carboxylic acid groups (broad SMARTS) is 1. The highest BCUT2D eigenvalue weighted by Crippen LogP contribution is 2.10. The fourth-order valence-electron chi connectivity index (χ4n) is 1.31. The topological polar surface area (TPSA) is 66.4 Å². The van der Waals surface area contributed by atoms with Crippen LogP contribution in [0.3, 0.4) is 0 Å². The van der Waals surface area contributed by atoms with Gasteiger partial charge in [-0.3, -0.25) is 9.59 Å². The summed E-state index contributed by atoms with van der Waals surface area (Å²) in [4.78, 5) is 21.6. The lowest BCUT2D eigenvalue weighted by Gasteiger charge is -2.03. The number of hydrogen-bond donors (Lipinski definition) is 2. The molecule has 2 N–H and O–H groups in total. The van der Waals surface area contributed by atoms with Gasteiger partial charge in [-0.25, -0.2) is 0 Å². The highest BCUT2D eigenvalue weighted by atomic mass is 35.5. The van der Waals surface area contributed by atoms with Crippen molar-refractivity contribution in [1.29, 1.82) is 0 Å². The SMILES string of the molecule is O=C(O)CCNC(=O)CCc1ccc(Cl)cc1. The molecule has 0 saturated carbocycles. The first-order chi connectivity index (χ1) is 8.08. The van der Waals surface area contributed by atoms with Crippen LogP contribution in [-0.2, 0) is 16.0 Å². The van der Waals surface area contributed by atoms with Gasteiger partial charge in [0.2, 0.25) is 5.91 Å². The molecule has 17 heavy (non-hydrogen) atoms. The summed E-state index contributed by atoms with van der Waals surface area (Å²) < 4.78 is 0. The minimum absolute atomic E-state index is 0.0489. The summed E-state index contributed by atoms with van der Waals surface area (Å²) in [5.74, 6) is -1.05. The van der Waals surface area contributed by atoms with Crippen LogP contribution in [0.5, 0.6) is 0 Å². The summed E-state index contributed by atoms with van der Waals surface area (Å²) in [5.41, 5.74) is 1.03. The molecule has 0 saturated heterocycles. The first-order valence-electron chi connectivity index (χ1n) is 5.31. The number of carboxylic acids is 1. The van der Waals surface area contributed by atoms with Crippen molar-refractivity contribution in [1.82, 2.24) is 5.32 Å². The van der Waals surface area contributed by atoms with Crippen LogP contribution in [0, 0.1) is 0 Å². The average molecular weight is 256 g/mol. The van der Waals surface area contributed by atoms with Crippen LogP contribution < -0.4 is 5.32 Å². The van der Waals surface area contributed by atoms with E-state index in [4.69, 9.17) is 16.7 Å². The fraction of sp³-hybridized carbons (Fsp3) is 0.333. The summed E-state index contributed by atoms with van der Waals surface area (Å²) >= 11 is 5.74. The number of halogens is 1. The summed E-state index contributed by atoms with van der Waals surface area (Å²) in [6.45, 7) is 0.175. The van der Waals surface area contributed by atoms with E-state index in [9.17, 15) is 9.59 Å². The monoisotopic (exact) mass is 255 g/mol. The van der Waals surface area contributed by atoms with Gasteiger partial charge in [0.1, 0.15) is 0 Å². The van der Waals surface area contributed by atoms with Crippen LogP contribution in [0.25, 0.3) is 0 Å². The molecule has 0 heterocycles. The highest BCUT2D eigenvalue weighted by molar-refractivity contribution is 6.30. The summed E-state index contributed by atoms with van der Waals surface area (Å²) in [6.07, 6.45) is 0.921. The van der Waals surface area contributed by atoms with Crippen LogP contribution in [0.1, 0.15) is 18.4 Å². The molecule has 0 radical (unpaired) electrons. The Bertz CT molecular complexity index is 389. The van der Waals surface area contributed by atoms with E-state index in [1.54, 1.807) is 12.1 Å². The third-order valence-corrected chi connectivity index (χ3v) is 2.47. The van der Waals surface area contributed by atoms with E-state index >= 15 is 0 Å². The molecule has 0 spiro atoms. The Hall–Kier alpha value is -1.55. The van der Waals surface area contributed by atoms with Gasteiger partial charge in [-0.1, -0.05) is 23.7 Å². The Balaban J connectivity index is 2.23. The van der Waals surface area contributed by atoms with Crippen LogP contribution in [0.15, 0.2) is 24.3 Å². The molecule has 0 fully saturated rings. The smallest absolute Gasteiger partial charge is 0.305 e. The Morgan fingerprint density at radius 2 is 1.82 bits per heavy atom. The van der Waals surface area contributed by atoms with Crippen LogP contribution in [-0.4, -0.2) is 23.5 Å². The molecule has 4 nitrogen and oxygen atoms in total. The number of nitrogens with one attached hydrogen (secondary N) is 1. The number of aryl methyl sites for hydroxylation is 1. The molecule has 5 heteroatoms. The van der Waals surface area contributed by atoms with Gasteiger partial charge in [-0.2, -0.15) is 0 Å². The molecule has 0 bridgehead atoms. The number of aliphatic carboxylic acids is 1. The van der Waals surface area contributed by atoms with E-state index in [2.05, 4.69) is 5.32 Å². The average Bonchev–Trinajstić information content (AvgIpc) is 2.28. The van der Waals surface area contributed by atoms with Crippen molar-refractivity contribution in [2.24, 2.45) is 0 Å². The number of amides is 1. The molecule has 1 aromatic rings. The third-order valence-electron chi connectivity index (χ3n) is 2.22. The fourth-order valence-corrected chi connectivity index (χ4v) is 1.43. The zero-order valence-electron chi connectivity index (χ0n) is 9.28. The van der Waals surface area contributed by atoms with Gasteiger partial charge in [0.05, 0.1) is 6.42 Å². The minimum Gasteiger partial charge on any atom is -0.481 e. The predicted molar refractivity (Wildman–Crippen MR) is 65.0 cm³/mol. The zero-order valence-corrected chi connectivity index (χ0v) is 10.0. The Morgan fingerprint density at radius 1 is 1.18 bits per heavy atom. The van der Waals surface area contributed by atoms with E-state index in [-0.39, 0.29) is 18.9 Å². The molecule has 0 aliphatic rings. The Kier molecular flexibility index (Phi) is 5.49. The zero-order chi connectivity index (χ0) is 12.7. The maximum Gasteiger partial charge on any atom is 0.305 e. The van der Waals surface area contributed by atoms with E-state index in [0.717, 1.165) is 5.56 Å². The molecular formula is C12H14ClNO3. The Labute approximate surface area is 105 Å². The summed E-state index contributed by atoms with van der Waals surface area (Å²) in [7, 11) is 0. The van der Waals surface area contributed by atoms with Crippen LogP contribution in [0.4, 0.5) is 0 Å². The van der Waals surface area contributed by atoms with Gasteiger partial charge in [0.25, 0.3) is 0 Å². The first kappa shape index (κ1) is 13.5. The molecule has 92 valence electrons. The maximum absolute atomic E-state index is 11.3. The van der Waals surface area contributed by atoms with Gasteiger partial charge >= 0.3 is 5.97 Å². The molecule has 0 unspecified atom stereocenters. The molecule has 1 rings (SSSR count). The van der Waals surface area contributed by atoms with Crippen molar-refractivity contribution in [3.8, 4) is 0 Å². The van der Waals surface area contributed by atoms with Gasteiger partial charge in [0.15, 0.2) is 0 Å². The molecule has 1 aromatic carbocycles. The standard InChI is InChI=1S/C12H14ClNO3/c13-10-4-1-9(2-5-10)3-6-11(15)14-8-7-12(16)17/h1-2,4-5H,3,6-8H2,(H,14,15)(H,16,17). The van der Waals surface area contributed by atoms with Crippen molar-refractivity contribution >= 4 is 23.5 Å².